The molecular formula is C26H27N5O3. The first kappa shape index (κ1) is 21.9. The van der Waals surface area contributed by atoms with Crippen LogP contribution >= 0.6 is 0 Å². The van der Waals surface area contributed by atoms with E-state index in [4.69, 9.17) is 4.74 Å². The third-order valence-corrected chi connectivity index (χ3v) is 6.29. The zero-order valence-electron chi connectivity index (χ0n) is 19.0. The van der Waals surface area contributed by atoms with E-state index in [1.165, 1.54) is 0 Å². The Morgan fingerprint density at radius 3 is 2.65 bits per heavy atom. The van der Waals surface area contributed by atoms with Crippen molar-refractivity contribution in [2.75, 3.05) is 38.2 Å². The van der Waals surface area contributed by atoms with Crippen molar-refractivity contribution in [3.63, 3.8) is 0 Å². The van der Waals surface area contributed by atoms with E-state index < -0.39 is 12.0 Å². The molecule has 5 rings (SSSR count). The van der Waals surface area contributed by atoms with Crippen molar-refractivity contribution in [1.29, 1.82) is 0 Å². The van der Waals surface area contributed by atoms with Gasteiger partial charge in [0.25, 0.3) is 0 Å². The van der Waals surface area contributed by atoms with Gasteiger partial charge in [-0.1, -0.05) is 24.3 Å². The predicted octanol–water partition coefficient (Wildman–Crippen LogP) is 3.77. The lowest BCUT2D eigenvalue weighted by atomic mass is 10.1. The summed E-state index contributed by atoms with van der Waals surface area (Å²) in [5.41, 5.74) is 3.29. The molecule has 1 N–H and O–H groups in total. The van der Waals surface area contributed by atoms with Gasteiger partial charge in [-0.15, -0.1) is 0 Å². The van der Waals surface area contributed by atoms with E-state index in [0.29, 0.717) is 25.3 Å². The fourth-order valence-corrected chi connectivity index (χ4v) is 4.68. The molecule has 0 spiro atoms. The standard InChI is InChI=1S/C26H27N5O3/c1-34-22-11-10-19-7-5-13-27-23(19)25(22)30-15-6-14-29(17-18-30)24(26(32)33)21-12-16-31(28-21)20-8-3-2-4-9-20/h2-5,7-13,16,24H,6,14-15,17-18H2,1H3,(H,32,33). The third-order valence-electron chi connectivity index (χ3n) is 6.29. The molecule has 0 radical (unpaired) electrons. The minimum absolute atomic E-state index is 0.536. The SMILES string of the molecule is COc1ccc2cccnc2c1N1CCCN(C(C(=O)O)c2ccn(-c3ccccc3)n2)CC1. The average Bonchev–Trinajstić information content (AvgIpc) is 3.23. The number of aromatic nitrogens is 3. The first-order valence-electron chi connectivity index (χ1n) is 11.4. The van der Waals surface area contributed by atoms with Gasteiger partial charge in [-0.05, 0) is 42.8 Å². The summed E-state index contributed by atoms with van der Waals surface area (Å²) >= 11 is 0. The highest BCUT2D eigenvalue weighted by Gasteiger charge is 2.32. The van der Waals surface area contributed by atoms with Crippen molar-refractivity contribution in [2.45, 2.75) is 12.5 Å². The molecular weight excluding hydrogens is 430 g/mol. The van der Waals surface area contributed by atoms with E-state index in [1.54, 1.807) is 24.1 Å². The smallest absolute Gasteiger partial charge is 0.327 e. The van der Waals surface area contributed by atoms with E-state index >= 15 is 0 Å². The molecule has 8 nitrogen and oxygen atoms in total. The van der Waals surface area contributed by atoms with Crippen molar-refractivity contribution in [1.82, 2.24) is 19.7 Å². The number of carboxylic acids is 1. The quantitative estimate of drug-likeness (QED) is 0.472. The van der Waals surface area contributed by atoms with Crippen LogP contribution in [-0.4, -0.2) is 64.0 Å². The Bertz CT molecular complexity index is 1290. The molecule has 3 heterocycles. The molecule has 4 aromatic rings. The molecule has 1 fully saturated rings. The first-order valence-corrected chi connectivity index (χ1v) is 11.4. The van der Waals surface area contributed by atoms with Gasteiger partial charge in [0.1, 0.15) is 11.4 Å². The Kier molecular flexibility index (Phi) is 6.14. The van der Waals surface area contributed by atoms with Crippen LogP contribution in [0.15, 0.2) is 73.1 Å². The third kappa shape index (κ3) is 4.20. The molecule has 174 valence electrons. The van der Waals surface area contributed by atoms with Gasteiger partial charge in [0.15, 0.2) is 6.04 Å². The summed E-state index contributed by atoms with van der Waals surface area (Å²) in [6, 6.07) is 18.6. The molecule has 0 amide bonds. The van der Waals surface area contributed by atoms with Gasteiger partial charge >= 0.3 is 5.97 Å². The number of fused-ring (bicyclic) bond motifs is 1. The fraction of sp³-hybridized carbons (Fsp3) is 0.269. The summed E-state index contributed by atoms with van der Waals surface area (Å²) < 4.78 is 7.40. The van der Waals surface area contributed by atoms with Crippen molar-refractivity contribution in [2.24, 2.45) is 0 Å². The molecule has 0 saturated carbocycles. The van der Waals surface area contributed by atoms with Gasteiger partial charge < -0.3 is 14.7 Å². The molecule has 1 saturated heterocycles. The van der Waals surface area contributed by atoms with Crippen molar-refractivity contribution in [3.05, 3.63) is 78.8 Å². The van der Waals surface area contributed by atoms with Crippen LogP contribution in [0.5, 0.6) is 5.75 Å². The molecule has 1 unspecified atom stereocenters. The van der Waals surface area contributed by atoms with Crippen molar-refractivity contribution < 1.29 is 14.6 Å². The highest BCUT2D eigenvalue weighted by atomic mass is 16.5. The fourth-order valence-electron chi connectivity index (χ4n) is 4.68. The van der Waals surface area contributed by atoms with E-state index in [2.05, 4.69) is 15.0 Å². The Balaban J connectivity index is 1.41. The number of methoxy groups -OCH3 is 1. The van der Waals surface area contributed by atoms with Gasteiger partial charge in [-0.25, -0.2) is 4.68 Å². The lowest BCUT2D eigenvalue weighted by Crippen LogP contribution is -2.37. The number of rotatable bonds is 6. The second-order valence-electron chi connectivity index (χ2n) is 8.33. The number of ether oxygens (including phenoxy) is 1. The lowest BCUT2D eigenvalue weighted by Gasteiger charge is -2.28. The van der Waals surface area contributed by atoms with Gasteiger partial charge in [0, 0.05) is 44.0 Å². The number of carbonyl (C=O) groups is 1. The number of pyridine rings is 1. The maximum Gasteiger partial charge on any atom is 0.327 e. The van der Waals surface area contributed by atoms with E-state index in [0.717, 1.165) is 41.0 Å². The lowest BCUT2D eigenvalue weighted by molar-refractivity contribution is -0.143. The summed E-state index contributed by atoms with van der Waals surface area (Å²) in [5.74, 6) is -0.118. The van der Waals surface area contributed by atoms with Crippen LogP contribution < -0.4 is 9.64 Å². The number of benzene rings is 2. The molecule has 1 aliphatic heterocycles. The van der Waals surface area contributed by atoms with Crippen LogP contribution in [0.3, 0.4) is 0 Å². The largest absolute Gasteiger partial charge is 0.494 e. The van der Waals surface area contributed by atoms with Crippen molar-refractivity contribution in [3.8, 4) is 11.4 Å². The maximum absolute atomic E-state index is 12.3. The van der Waals surface area contributed by atoms with E-state index in [1.807, 2.05) is 65.7 Å². The van der Waals surface area contributed by atoms with Gasteiger partial charge in [-0.2, -0.15) is 5.10 Å². The molecule has 34 heavy (non-hydrogen) atoms. The Morgan fingerprint density at radius 1 is 1.00 bits per heavy atom. The number of hydrogen-bond donors (Lipinski definition) is 1. The molecule has 0 bridgehead atoms. The van der Waals surface area contributed by atoms with E-state index in [-0.39, 0.29) is 0 Å². The summed E-state index contributed by atoms with van der Waals surface area (Å²) in [4.78, 5) is 21.2. The molecule has 2 aromatic carbocycles. The maximum atomic E-state index is 12.3. The normalized spacial score (nSPS) is 15.7. The van der Waals surface area contributed by atoms with Crippen LogP contribution in [0.4, 0.5) is 5.69 Å². The van der Waals surface area contributed by atoms with E-state index in [9.17, 15) is 9.90 Å². The minimum atomic E-state index is -0.892. The highest BCUT2D eigenvalue weighted by Crippen LogP contribution is 2.36. The van der Waals surface area contributed by atoms with Crippen LogP contribution in [0.2, 0.25) is 0 Å². The summed E-state index contributed by atoms with van der Waals surface area (Å²) in [7, 11) is 1.67. The highest BCUT2D eigenvalue weighted by molar-refractivity contribution is 5.94. The Labute approximate surface area is 198 Å². The van der Waals surface area contributed by atoms with Crippen LogP contribution in [-0.2, 0) is 4.79 Å². The number of anilines is 1. The molecule has 1 aliphatic rings. The molecule has 2 aromatic heterocycles. The molecule has 8 heteroatoms. The number of aliphatic carboxylic acids is 1. The second kappa shape index (κ2) is 9.52. The number of para-hydroxylation sites is 1. The second-order valence-corrected chi connectivity index (χ2v) is 8.33. The summed E-state index contributed by atoms with van der Waals surface area (Å²) in [5, 5.41) is 15.8. The van der Waals surface area contributed by atoms with Gasteiger partial charge in [-0.3, -0.25) is 14.7 Å². The Hall–Kier alpha value is -3.91. The number of nitrogens with zero attached hydrogens (tertiary/aromatic N) is 5. The number of carboxylic acid groups (broad SMARTS) is 1. The zero-order valence-corrected chi connectivity index (χ0v) is 19.0. The average molecular weight is 458 g/mol. The Morgan fingerprint density at radius 2 is 1.85 bits per heavy atom. The van der Waals surface area contributed by atoms with Crippen molar-refractivity contribution >= 4 is 22.6 Å². The summed E-state index contributed by atoms with van der Waals surface area (Å²) in [6.07, 6.45) is 4.42. The van der Waals surface area contributed by atoms with Gasteiger partial charge in [0.2, 0.25) is 0 Å². The monoisotopic (exact) mass is 457 g/mol. The van der Waals surface area contributed by atoms with Crippen LogP contribution in [0.1, 0.15) is 18.2 Å². The van der Waals surface area contributed by atoms with Crippen LogP contribution in [0.25, 0.3) is 16.6 Å². The summed E-state index contributed by atoms with van der Waals surface area (Å²) in [6.45, 7) is 2.69. The van der Waals surface area contributed by atoms with Crippen LogP contribution in [0, 0.1) is 0 Å². The number of hydrogen-bond acceptors (Lipinski definition) is 6. The molecule has 0 aliphatic carbocycles. The zero-order chi connectivity index (χ0) is 23.5. The topological polar surface area (TPSA) is 83.7 Å². The first-order chi connectivity index (χ1) is 16.7. The minimum Gasteiger partial charge on any atom is -0.494 e. The predicted molar refractivity (Wildman–Crippen MR) is 131 cm³/mol. The molecule has 1 atom stereocenters. The van der Waals surface area contributed by atoms with Gasteiger partial charge in [0.05, 0.1) is 24.0 Å².